The third-order valence-corrected chi connectivity index (χ3v) is 5.40. The molecule has 1 fully saturated rings. The van der Waals surface area contributed by atoms with Gasteiger partial charge < -0.3 is 19.7 Å². The van der Waals surface area contributed by atoms with Crippen molar-refractivity contribution in [3.63, 3.8) is 0 Å². The molecule has 0 unspecified atom stereocenters. The number of nitrogens with zero attached hydrogens (tertiary/aromatic N) is 1. The Balaban J connectivity index is 1.47. The van der Waals surface area contributed by atoms with Crippen LogP contribution in [-0.2, 0) is 9.59 Å². The second kappa shape index (κ2) is 10.1. The number of carbonyl (C=O) groups excluding carboxylic acids is 3. The Kier molecular flexibility index (Phi) is 7.28. The van der Waals surface area contributed by atoms with Gasteiger partial charge in [0.15, 0.2) is 6.61 Å². The summed E-state index contributed by atoms with van der Waals surface area (Å²) in [4.78, 5) is 37.9. The lowest BCUT2D eigenvalue weighted by atomic mass is 10.0. The number of hydrogen-bond acceptors (Lipinski definition) is 5. The lowest BCUT2D eigenvalue weighted by Gasteiger charge is -2.32. The number of esters is 1. The minimum Gasteiger partial charge on any atom is -0.483 e. The summed E-state index contributed by atoms with van der Waals surface area (Å²) < 4.78 is 10.7. The first kappa shape index (κ1) is 22.3. The van der Waals surface area contributed by atoms with E-state index in [1.807, 2.05) is 32.0 Å². The number of ether oxygens (including phenoxy) is 2. The molecular weight excluding hydrogens is 396 g/mol. The quantitative estimate of drug-likeness (QED) is 0.569. The molecule has 0 atom stereocenters. The van der Waals surface area contributed by atoms with E-state index < -0.39 is 5.97 Å². The monoisotopic (exact) mass is 424 g/mol. The number of carbonyl (C=O) groups is 3. The van der Waals surface area contributed by atoms with Crippen molar-refractivity contribution in [1.29, 1.82) is 0 Å². The van der Waals surface area contributed by atoms with Crippen LogP contribution >= 0.6 is 0 Å². The van der Waals surface area contributed by atoms with Crippen LogP contribution in [0.25, 0.3) is 0 Å². The van der Waals surface area contributed by atoms with Gasteiger partial charge in [0, 0.05) is 31.6 Å². The number of likely N-dealkylation sites (tertiary alicyclic amines) is 1. The van der Waals surface area contributed by atoms with Gasteiger partial charge >= 0.3 is 5.97 Å². The van der Waals surface area contributed by atoms with Gasteiger partial charge in [-0.25, -0.2) is 0 Å². The highest BCUT2D eigenvalue weighted by molar-refractivity contribution is 5.94. The Hall–Kier alpha value is -3.35. The van der Waals surface area contributed by atoms with Crippen molar-refractivity contribution < 1.29 is 23.9 Å². The predicted octanol–water partition coefficient (Wildman–Crippen LogP) is 3.03. The number of amides is 2. The summed E-state index contributed by atoms with van der Waals surface area (Å²) >= 11 is 0. The predicted molar refractivity (Wildman–Crippen MR) is 116 cm³/mol. The summed E-state index contributed by atoms with van der Waals surface area (Å²) in [7, 11) is 0. The number of aryl methyl sites for hydroxylation is 1. The number of hydrogen-bond donors (Lipinski definition) is 1. The second-order valence-corrected chi connectivity index (χ2v) is 7.74. The molecule has 7 nitrogen and oxygen atoms in total. The van der Waals surface area contributed by atoms with Crippen LogP contribution in [0.2, 0.25) is 0 Å². The third-order valence-electron chi connectivity index (χ3n) is 5.40. The summed E-state index contributed by atoms with van der Waals surface area (Å²) in [5.41, 5.74) is 2.62. The van der Waals surface area contributed by atoms with E-state index in [-0.39, 0.29) is 24.5 Å². The largest absolute Gasteiger partial charge is 0.483 e. The number of piperidine rings is 1. The van der Waals surface area contributed by atoms with Crippen molar-refractivity contribution in [2.75, 3.05) is 19.7 Å². The molecule has 1 heterocycles. The molecule has 0 radical (unpaired) electrons. The molecule has 0 bridgehead atoms. The van der Waals surface area contributed by atoms with Crippen molar-refractivity contribution in [2.24, 2.45) is 0 Å². The topological polar surface area (TPSA) is 84.9 Å². The lowest BCUT2D eigenvalue weighted by Crippen LogP contribution is -2.47. The molecule has 0 aromatic heterocycles. The molecule has 1 aliphatic rings. The van der Waals surface area contributed by atoms with Crippen LogP contribution in [0.1, 0.15) is 41.3 Å². The molecule has 0 saturated carbocycles. The molecule has 0 aliphatic carbocycles. The van der Waals surface area contributed by atoms with Crippen molar-refractivity contribution in [2.45, 2.75) is 39.7 Å². The first-order valence-electron chi connectivity index (χ1n) is 10.4. The molecule has 1 aliphatic heterocycles. The normalized spacial score (nSPS) is 14.1. The fourth-order valence-electron chi connectivity index (χ4n) is 3.56. The zero-order chi connectivity index (χ0) is 22.4. The van der Waals surface area contributed by atoms with Gasteiger partial charge in [-0.1, -0.05) is 18.2 Å². The SMILES string of the molecule is CC(=O)Oc1cccc(C(=O)N2CCC(NC(=O)COc3cccc(C)c3C)CC2)c1. The van der Waals surface area contributed by atoms with E-state index in [9.17, 15) is 14.4 Å². The zero-order valence-electron chi connectivity index (χ0n) is 18.1. The van der Waals surface area contributed by atoms with Crippen LogP contribution in [0, 0.1) is 13.8 Å². The number of nitrogens with one attached hydrogen (secondary N) is 1. The van der Waals surface area contributed by atoms with Crippen molar-refractivity contribution >= 4 is 17.8 Å². The van der Waals surface area contributed by atoms with Crippen molar-refractivity contribution in [3.8, 4) is 11.5 Å². The summed E-state index contributed by atoms with van der Waals surface area (Å²) in [5.74, 6) is 0.357. The van der Waals surface area contributed by atoms with Crippen LogP contribution in [0.5, 0.6) is 11.5 Å². The Morgan fingerprint density at radius 3 is 2.48 bits per heavy atom. The van der Waals surface area contributed by atoms with E-state index >= 15 is 0 Å². The Morgan fingerprint density at radius 1 is 1.06 bits per heavy atom. The van der Waals surface area contributed by atoms with Gasteiger partial charge in [0.05, 0.1) is 0 Å². The van der Waals surface area contributed by atoms with Gasteiger partial charge in [-0.3, -0.25) is 14.4 Å². The van der Waals surface area contributed by atoms with Crippen LogP contribution in [0.3, 0.4) is 0 Å². The molecule has 164 valence electrons. The maximum Gasteiger partial charge on any atom is 0.308 e. The molecular formula is C24H28N2O5. The molecule has 7 heteroatoms. The summed E-state index contributed by atoms with van der Waals surface area (Å²) in [6, 6.07) is 12.4. The molecule has 3 rings (SSSR count). The first-order valence-corrected chi connectivity index (χ1v) is 10.4. The lowest BCUT2D eigenvalue weighted by molar-refractivity contribution is -0.132. The van der Waals surface area contributed by atoms with Gasteiger partial charge in [0.1, 0.15) is 11.5 Å². The van der Waals surface area contributed by atoms with E-state index in [1.165, 1.54) is 6.92 Å². The Labute approximate surface area is 182 Å². The standard InChI is InChI=1S/C24H28N2O5/c1-16-6-4-9-22(17(16)2)30-15-23(28)25-20-10-12-26(13-11-20)24(29)19-7-5-8-21(14-19)31-18(3)27/h4-9,14,20H,10-13,15H2,1-3H3,(H,25,28). The Morgan fingerprint density at radius 2 is 1.77 bits per heavy atom. The van der Waals surface area contributed by atoms with Crippen LogP contribution in [-0.4, -0.2) is 48.4 Å². The molecule has 0 spiro atoms. The zero-order valence-corrected chi connectivity index (χ0v) is 18.1. The average Bonchev–Trinajstić information content (AvgIpc) is 2.74. The van der Waals surface area contributed by atoms with Gasteiger partial charge in [0.25, 0.3) is 11.8 Å². The number of benzene rings is 2. The average molecular weight is 424 g/mol. The number of rotatable bonds is 6. The maximum absolute atomic E-state index is 12.8. The van der Waals surface area contributed by atoms with Crippen LogP contribution in [0.15, 0.2) is 42.5 Å². The summed E-state index contributed by atoms with van der Waals surface area (Å²) in [6.07, 6.45) is 1.34. The van der Waals surface area contributed by atoms with Crippen LogP contribution in [0.4, 0.5) is 0 Å². The smallest absolute Gasteiger partial charge is 0.308 e. The second-order valence-electron chi connectivity index (χ2n) is 7.74. The minimum atomic E-state index is -0.428. The molecule has 1 saturated heterocycles. The summed E-state index contributed by atoms with van der Waals surface area (Å²) in [6.45, 7) is 6.34. The third kappa shape index (κ3) is 6.07. The van der Waals surface area contributed by atoms with E-state index in [2.05, 4.69) is 5.32 Å². The summed E-state index contributed by atoms with van der Waals surface area (Å²) in [5, 5.41) is 2.99. The fraction of sp³-hybridized carbons (Fsp3) is 0.375. The van der Waals surface area contributed by atoms with E-state index in [0.717, 1.165) is 11.1 Å². The highest BCUT2D eigenvalue weighted by Gasteiger charge is 2.25. The van der Waals surface area contributed by atoms with Crippen LogP contribution < -0.4 is 14.8 Å². The van der Waals surface area contributed by atoms with E-state index in [1.54, 1.807) is 29.2 Å². The van der Waals surface area contributed by atoms with Crippen molar-refractivity contribution in [3.05, 3.63) is 59.2 Å². The first-order chi connectivity index (χ1) is 14.8. The van der Waals surface area contributed by atoms with Gasteiger partial charge in [-0.2, -0.15) is 0 Å². The molecule has 2 amide bonds. The van der Waals surface area contributed by atoms with E-state index in [4.69, 9.17) is 9.47 Å². The highest BCUT2D eigenvalue weighted by atomic mass is 16.5. The molecule has 31 heavy (non-hydrogen) atoms. The molecule has 2 aromatic rings. The van der Waals surface area contributed by atoms with Gasteiger partial charge in [-0.15, -0.1) is 0 Å². The van der Waals surface area contributed by atoms with Gasteiger partial charge in [0.2, 0.25) is 0 Å². The fourth-order valence-corrected chi connectivity index (χ4v) is 3.56. The molecule has 1 N–H and O–H groups in total. The van der Waals surface area contributed by atoms with E-state index in [0.29, 0.717) is 43.0 Å². The highest BCUT2D eigenvalue weighted by Crippen LogP contribution is 2.21. The minimum absolute atomic E-state index is 0.00568. The van der Waals surface area contributed by atoms with Gasteiger partial charge in [-0.05, 0) is 62.1 Å². The maximum atomic E-state index is 12.8. The molecule has 2 aromatic carbocycles. The van der Waals surface area contributed by atoms with Crippen molar-refractivity contribution in [1.82, 2.24) is 10.2 Å². The Bertz CT molecular complexity index is 964.